The lowest BCUT2D eigenvalue weighted by atomic mass is 9.70. The minimum absolute atomic E-state index is 0.0124. The highest BCUT2D eigenvalue weighted by Gasteiger charge is 2.49. The van der Waals surface area contributed by atoms with Crippen LogP contribution in [0.25, 0.3) is 22.3 Å². The topological polar surface area (TPSA) is 337 Å². The molecule has 0 aromatic carbocycles. The first-order valence-electron chi connectivity index (χ1n) is 21.9. The molecule has 4 fully saturated rings. The molecule has 8 rings (SSSR count). The van der Waals surface area contributed by atoms with Crippen LogP contribution < -0.4 is 22.1 Å². The molecule has 4 aromatic heterocycles. The second kappa shape index (κ2) is 18.7. The van der Waals surface area contributed by atoms with Crippen LogP contribution in [0.3, 0.4) is 0 Å². The van der Waals surface area contributed by atoms with Crippen LogP contribution in [0.2, 0.25) is 0 Å². The van der Waals surface area contributed by atoms with E-state index in [0.717, 1.165) is 32.1 Å². The average molecular weight is 903 g/mol. The van der Waals surface area contributed by atoms with Crippen molar-refractivity contribution < 1.29 is 49.7 Å². The van der Waals surface area contributed by atoms with Crippen LogP contribution >= 0.6 is 0 Å². The number of nitrogen functional groups attached to an aromatic ring is 2. The Morgan fingerprint density at radius 1 is 0.738 bits per heavy atom. The lowest BCUT2D eigenvalue weighted by molar-refractivity contribution is -0.138. The number of nitrogens with one attached hydrogen (secondary N) is 2. The van der Waals surface area contributed by atoms with Crippen molar-refractivity contribution in [1.82, 2.24) is 49.7 Å². The van der Waals surface area contributed by atoms with Gasteiger partial charge in [-0.15, -0.1) is 0 Å². The minimum Gasteiger partial charge on any atom is -0.387 e. The largest absolute Gasteiger partial charge is 0.387 e. The molecule has 11 atom stereocenters. The zero-order valence-electron chi connectivity index (χ0n) is 37.0. The number of carbonyl (C=O) groups excluding carboxylic acids is 2. The predicted octanol–water partition coefficient (Wildman–Crippen LogP) is -0.697. The predicted molar refractivity (Wildman–Crippen MR) is 232 cm³/mol. The Kier molecular flexibility index (Phi) is 13.7. The summed E-state index contributed by atoms with van der Waals surface area (Å²) < 4.78 is 14.1. The fourth-order valence-corrected chi connectivity index (χ4v) is 8.91. The number of hydrogen-bond donors (Lipinski definition) is 10. The van der Waals surface area contributed by atoms with Crippen molar-refractivity contribution in [3.8, 4) is 23.7 Å². The number of ether oxygens (including phenoxy) is 2. The van der Waals surface area contributed by atoms with Crippen LogP contribution in [0.1, 0.15) is 110 Å². The number of fused-ring (bicyclic) bond motifs is 2. The summed E-state index contributed by atoms with van der Waals surface area (Å²) in [5.41, 5.74) is 10.8. The van der Waals surface area contributed by atoms with Gasteiger partial charge in [0.2, 0.25) is 11.6 Å². The molecule has 0 bridgehead atoms. The van der Waals surface area contributed by atoms with E-state index in [1.165, 1.54) is 21.8 Å². The molecule has 65 heavy (non-hydrogen) atoms. The first-order valence-corrected chi connectivity index (χ1v) is 21.9. The molecule has 4 aromatic rings. The third-order valence-electron chi connectivity index (χ3n) is 12.4. The molecule has 22 heteroatoms. The molecule has 0 spiro atoms. The van der Waals surface area contributed by atoms with Crippen LogP contribution in [-0.4, -0.2) is 142 Å². The van der Waals surface area contributed by atoms with Crippen molar-refractivity contribution >= 4 is 45.8 Å². The van der Waals surface area contributed by atoms with E-state index < -0.39 is 72.1 Å². The van der Waals surface area contributed by atoms with E-state index in [0.29, 0.717) is 32.4 Å². The highest BCUT2D eigenvalue weighted by atomic mass is 16.6. The van der Waals surface area contributed by atoms with E-state index in [-0.39, 0.29) is 56.9 Å². The number of imidazole rings is 2. The monoisotopic (exact) mass is 902 g/mol. The van der Waals surface area contributed by atoms with Crippen molar-refractivity contribution in [1.29, 1.82) is 0 Å². The van der Waals surface area contributed by atoms with Gasteiger partial charge in [0.05, 0.1) is 12.7 Å². The molecule has 22 nitrogen and oxygen atoms in total. The fourth-order valence-electron chi connectivity index (χ4n) is 8.91. The van der Waals surface area contributed by atoms with Gasteiger partial charge in [0.25, 0.3) is 11.8 Å². The maximum Gasteiger partial charge on any atom is 0.252 e. The lowest BCUT2D eigenvalue weighted by Crippen LogP contribution is -2.42. The summed E-state index contributed by atoms with van der Waals surface area (Å²) in [4.78, 5) is 49.9. The Labute approximate surface area is 374 Å². The summed E-state index contributed by atoms with van der Waals surface area (Å²) in [6, 6.07) is 0. The van der Waals surface area contributed by atoms with E-state index in [4.69, 9.17) is 20.9 Å². The molecular weight excluding hydrogens is 845 g/mol. The van der Waals surface area contributed by atoms with E-state index >= 15 is 0 Å². The van der Waals surface area contributed by atoms with Crippen LogP contribution in [0.5, 0.6) is 0 Å². The number of amides is 2. The molecule has 4 unspecified atom stereocenters. The Balaban J connectivity index is 0.000000194. The number of hydrogen-bond acceptors (Lipinski definition) is 18. The second-order valence-electron chi connectivity index (χ2n) is 18.0. The quantitative estimate of drug-likeness (QED) is 0.107. The second-order valence-corrected chi connectivity index (χ2v) is 18.0. The van der Waals surface area contributed by atoms with Crippen molar-refractivity contribution in [3.05, 3.63) is 24.3 Å². The van der Waals surface area contributed by atoms with Gasteiger partial charge >= 0.3 is 0 Å². The van der Waals surface area contributed by atoms with Crippen molar-refractivity contribution in [2.45, 2.75) is 146 Å². The Hall–Kier alpha value is -5.56. The van der Waals surface area contributed by atoms with E-state index in [1.54, 1.807) is 13.8 Å². The molecule has 2 amide bonds. The summed E-state index contributed by atoms with van der Waals surface area (Å²) in [5, 5.41) is 68.6. The highest BCUT2D eigenvalue weighted by molar-refractivity contribution is 5.84. The van der Waals surface area contributed by atoms with Gasteiger partial charge in [-0.2, -0.15) is 0 Å². The summed E-state index contributed by atoms with van der Waals surface area (Å²) in [6.45, 7) is 10.4. The smallest absolute Gasteiger partial charge is 0.252 e. The summed E-state index contributed by atoms with van der Waals surface area (Å²) in [7, 11) is 0. The zero-order valence-corrected chi connectivity index (χ0v) is 37.0. The van der Waals surface area contributed by atoms with Crippen molar-refractivity contribution in [2.24, 2.45) is 11.3 Å². The maximum absolute atomic E-state index is 12.2. The zero-order chi connectivity index (χ0) is 47.0. The number of nitrogens with two attached hydrogens (primary N) is 2. The van der Waals surface area contributed by atoms with Gasteiger partial charge in [-0.1, -0.05) is 39.0 Å². The van der Waals surface area contributed by atoms with E-state index in [1.807, 2.05) is 6.92 Å². The number of aliphatic hydroxyl groups excluding tert-OH is 4. The van der Waals surface area contributed by atoms with Crippen LogP contribution in [0.4, 0.5) is 11.6 Å². The third kappa shape index (κ3) is 9.71. The van der Waals surface area contributed by atoms with Crippen molar-refractivity contribution in [2.75, 3.05) is 24.6 Å². The SMILES string of the molecule is CCNC(=O)[C@H]1O[C@@H](n2cnc3c(N)nc(C#CC4(O)CCCCC4C)nc32)[C@@H](O)C1O.CCNC(=O)[C@H]1O[C@@H](n2cnc3c(N)nc(C#C[C@]4(O)CCCC(C)(C)C4)nc32)[C@@H](O)C1O. The molecule has 2 saturated carbocycles. The molecular formula is C43H58N12O10. The average Bonchev–Trinajstić information content (AvgIpc) is 4.02. The number of likely N-dealkylation sites (N-methyl/N-ethyl adjacent to an activating group) is 2. The minimum atomic E-state index is -1.43. The molecule has 350 valence electrons. The molecule has 4 aliphatic rings. The molecule has 2 saturated heterocycles. The lowest BCUT2D eigenvalue weighted by Gasteiger charge is -2.38. The van der Waals surface area contributed by atoms with Gasteiger partial charge in [0.15, 0.2) is 47.6 Å². The van der Waals surface area contributed by atoms with Gasteiger partial charge in [-0.05, 0) is 82.0 Å². The number of rotatable bonds is 6. The molecule has 6 heterocycles. The van der Waals surface area contributed by atoms with Crippen LogP contribution in [-0.2, 0) is 19.1 Å². The highest BCUT2D eigenvalue weighted by Crippen LogP contribution is 2.41. The van der Waals surface area contributed by atoms with Gasteiger partial charge < -0.3 is 62.2 Å². The standard InChI is InChI=1S/C22H30N6O5.C21H28N6O5/c1-4-24-19(31)16-14(29)15(30)20(33-16)28-11-25-13-17(23)26-12(27-18(13)28)6-9-22(32)8-5-7-21(2,3)10-22;1-3-23-19(30)16-14(28)15(29)20(32-16)27-10-24-13-17(22)25-12(26-18(13)27)7-9-21(31)8-5-4-6-11(21)2/h11,14-16,20,29-30,32H,4-5,7-8,10H2,1-3H3,(H,24,31)(H2,23,26,27);10-11,14-16,20,28-29,31H,3-6,8H2,1-2H3,(H,23,30)(H2,22,25,26)/t14?,15-,16-,20+,22+;11?,14?,15-,16-,20+,21?/m00/s1. The Morgan fingerprint density at radius 3 is 1.69 bits per heavy atom. The van der Waals surface area contributed by atoms with E-state index in [9.17, 15) is 40.2 Å². The number of aromatic nitrogens is 8. The summed E-state index contributed by atoms with van der Waals surface area (Å²) in [6.07, 6.45) is -1.20. The van der Waals surface area contributed by atoms with Gasteiger partial charge in [-0.25, -0.2) is 29.9 Å². The first kappa shape index (κ1) is 47.4. The van der Waals surface area contributed by atoms with Gasteiger partial charge in [0, 0.05) is 13.1 Å². The number of aliphatic hydroxyl groups is 6. The maximum atomic E-state index is 12.2. The number of anilines is 2. The van der Waals surface area contributed by atoms with Crippen LogP contribution in [0, 0.1) is 35.0 Å². The molecule has 0 radical (unpaired) electrons. The normalized spacial score (nSPS) is 31.8. The van der Waals surface area contributed by atoms with Crippen LogP contribution in [0.15, 0.2) is 12.7 Å². The Morgan fingerprint density at radius 2 is 1.23 bits per heavy atom. The molecule has 2 aliphatic carbocycles. The first-order chi connectivity index (χ1) is 30.8. The summed E-state index contributed by atoms with van der Waals surface area (Å²) in [5.74, 6) is 10.8. The van der Waals surface area contributed by atoms with E-state index in [2.05, 4.69) is 78.1 Å². The summed E-state index contributed by atoms with van der Waals surface area (Å²) >= 11 is 0. The molecule has 12 N–H and O–H groups in total. The number of nitrogens with zero attached hydrogens (tertiary/aromatic N) is 8. The fraction of sp³-hybridized carbons (Fsp3) is 0.628. The van der Waals surface area contributed by atoms with Crippen molar-refractivity contribution in [3.63, 3.8) is 0 Å². The molecule has 2 aliphatic heterocycles. The Bertz CT molecular complexity index is 2550. The number of carbonyl (C=O) groups is 2. The van der Waals surface area contributed by atoms with Gasteiger partial charge in [-0.3, -0.25) is 18.7 Å². The third-order valence-corrected chi connectivity index (χ3v) is 12.4. The van der Waals surface area contributed by atoms with Gasteiger partial charge in [0.1, 0.15) is 46.7 Å².